The van der Waals surface area contributed by atoms with E-state index >= 15 is 0 Å². The maximum atomic E-state index is 12.5. The Balaban J connectivity index is 1.50. The summed E-state index contributed by atoms with van der Waals surface area (Å²) in [7, 11) is 0. The van der Waals surface area contributed by atoms with Gasteiger partial charge in [-0.15, -0.1) is 11.3 Å². The summed E-state index contributed by atoms with van der Waals surface area (Å²) in [6, 6.07) is 8.86. The lowest BCUT2D eigenvalue weighted by Gasteiger charge is -2.29. The maximum Gasteiger partial charge on any atom is 0.281 e. The molecule has 9 heteroatoms. The molecule has 0 aliphatic carbocycles. The summed E-state index contributed by atoms with van der Waals surface area (Å²) in [5, 5.41) is 2.25. The monoisotopic (exact) mass is 384 g/mol. The van der Waals surface area contributed by atoms with Gasteiger partial charge in [-0.1, -0.05) is 12.1 Å². The second-order valence-electron chi connectivity index (χ2n) is 6.03. The maximum absolute atomic E-state index is 12.5. The molecule has 0 saturated carbocycles. The number of carbonyl (C=O) groups is 2. The number of anilines is 1. The number of nitrogens with one attached hydrogen (secondary N) is 1. The SMILES string of the molecule is Cc1nc2sccc2c(=O)n1NC(=O)CCN1C(=O)COc2ccccc21. The molecular formula is C18H16N4O4S. The van der Waals surface area contributed by atoms with Gasteiger partial charge in [-0.25, -0.2) is 9.66 Å². The predicted molar refractivity (Wildman–Crippen MR) is 102 cm³/mol. The Kier molecular flexibility index (Phi) is 4.36. The van der Waals surface area contributed by atoms with Crippen LogP contribution >= 0.6 is 11.3 Å². The summed E-state index contributed by atoms with van der Waals surface area (Å²) < 4.78 is 6.53. The zero-order valence-electron chi connectivity index (χ0n) is 14.5. The quantitative estimate of drug-likeness (QED) is 0.738. The molecule has 8 nitrogen and oxygen atoms in total. The Labute approximate surface area is 158 Å². The van der Waals surface area contributed by atoms with Gasteiger partial charge < -0.3 is 9.64 Å². The van der Waals surface area contributed by atoms with Crippen molar-refractivity contribution in [2.45, 2.75) is 13.3 Å². The molecule has 1 aliphatic heterocycles. The number of hydrogen-bond donors (Lipinski definition) is 1. The van der Waals surface area contributed by atoms with Gasteiger partial charge in [0.2, 0.25) is 5.91 Å². The number of carbonyl (C=O) groups excluding carboxylic acids is 2. The first-order chi connectivity index (χ1) is 13.0. The Hall–Kier alpha value is -3.20. The minimum absolute atomic E-state index is 0.0353. The fraction of sp³-hybridized carbons (Fsp3) is 0.222. The normalized spacial score (nSPS) is 13.4. The Morgan fingerprint density at radius 3 is 2.96 bits per heavy atom. The first-order valence-corrected chi connectivity index (χ1v) is 9.21. The van der Waals surface area contributed by atoms with Crippen LogP contribution in [0.3, 0.4) is 0 Å². The van der Waals surface area contributed by atoms with Crippen molar-refractivity contribution in [3.63, 3.8) is 0 Å². The van der Waals surface area contributed by atoms with Gasteiger partial charge in [0.25, 0.3) is 11.5 Å². The van der Waals surface area contributed by atoms with Crippen LogP contribution in [0.15, 0.2) is 40.5 Å². The van der Waals surface area contributed by atoms with Gasteiger partial charge in [0, 0.05) is 13.0 Å². The van der Waals surface area contributed by atoms with Gasteiger partial charge in [-0.2, -0.15) is 0 Å². The van der Waals surface area contributed by atoms with Crippen molar-refractivity contribution in [3.05, 3.63) is 51.9 Å². The van der Waals surface area contributed by atoms with Crippen molar-refractivity contribution in [2.24, 2.45) is 0 Å². The van der Waals surface area contributed by atoms with E-state index in [0.29, 0.717) is 27.5 Å². The highest BCUT2D eigenvalue weighted by Gasteiger charge is 2.25. The first-order valence-electron chi connectivity index (χ1n) is 8.33. The van der Waals surface area contributed by atoms with Crippen molar-refractivity contribution in [1.29, 1.82) is 0 Å². The van der Waals surface area contributed by atoms with Gasteiger partial charge in [-0.05, 0) is 30.5 Å². The molecule has 27 heavy (non-hydrogen) atoms. The highest BCUT2D eigenvalue weighted by Crippen LogP contribution is 2.31. The van der Waals surface area contributed by atoms with Crippen molar-refractivity contribution in [1.82, 2.24) is 9.66 Å². The molecule has 4 rings (SSSR count). The van der Waals surface area contributed by atoms with Crippen LogP contribution in [0.25, 0.3) is 10.2 Å². The number of nitrogens with zero attached hydrogens (tertiary/aromatic N) is 3. The minimum Gasteiger partial charge on any atom is -0.482 e. The molecule has 0 unspecified atom stereocenters. The lowest BCUT2D eigenvalue weighted by atomic mass is 10.2. The smallest absolute Gasteiger partial charge is 0.281 e. The number of aryl methyl sites for hydroxylation is 1. The second-order valence-corrected chi connectivity index (χ2v) is 6.92. The molecule has 0 spiro atoms. The number of amides is 2. The number of aromatic nitrogens is 2. The molecule has 0 bridgehead atoms. The Morgan fingerprint density at radius 2 is 2.11 bits per heavy atom. The molecular weight excluding hydrogens is 368 g/mol. The summed E-state index contributed by atoms with van der Waals surface area (Å²) in [4.78, 5) is 43.5. The van der Waals surface area contributed by atoms with Crippen LogP contribution in [0.2, 0.25) is 0 Å². The minimum atomic E-state index is -0.381. The van der Waals surface area contributed by atoms with Gasteiger partial charge in [0.15, 0.2) is 6.61 Å². The molecule has 0 fully saturated rings. The molecule has 2 aromatic heterocycles. The fourth-order valence-corrected chi connectivity index (χ4v) is 3.74. The van der Waals surface area contributed by atoms with Gasteiger partial charge in [0.05, 0.1) is 11.1 Å². The zero-order valence-corrected chi connectivity index (χ0v) is 15.3. The van der Waals surface area contributed by atoms with Crippen LogP contribution in [0.1, 0.15) is 12.2 Å². The van der Waals surface area contributed by atoms with Crippen molar-refractivity contribution >= 4 is 39.1 Å². The van der Waals surface area contributed by atoms with E-state index in [2.05, 4.69) is 10.4 Å². The summed E-state index contributed by atoms with van der Waals surface area (Å²) in [5.74, 6) is 0.414. The summed E-state index contributed by atoms with van der Waals surface area (Å²) in [6.07, 6.45) is 0.0353. The van der Waals surface area contributed by atoms with Gasteiger partial charge in [0.1, 0.15) is 16.4 Å². The highest BCUT2D eigenvalue weighted by atomic mass is 32.1. The lowest BCUT2D eigenvalue weighted by molar-refractivity contribution is -0.121. The lowest BCUT2D eigenvalue weighted by Crippen LogP contribution is -2.41. The Morgan fingerprint density at radius 1 is 1.30 bits per heavy atom. The third-order valence-corrected chi connectivity index (χ3v) is 5.08. The van der Waals surface area contributed by atoms with E-state index in [1.54, 1.807) is 36.6 Å². The fourth-order valence-electron chi connectivity index (χ4n) is 2.94. The molecule has 0 radical (unpaired) electrons. The predicted octanol–water partition coefficient (Wildman–Crippen LogP) is 1.65. The van der Waals surface area contributed by atoms with E-state index in [1.807, 2.05) is 6.07 Å². The average molecular weight is 384 g/mol. The summed E-state index contributed by atoms with van der Waals surface area (Å²) in [6.45, 7) is 1.78. The molecule has 3 heterocycles. The van der Waals surface area contributed by atoms with E-state index in [-0.39, 0.29) is 36.9 Å². The standard InChI is InChI=1S/C18H16N4O4S/c1-11-19-17-12(7-9-27-17)18(25)22(11)20-15(23)6-8-21-13-4-2-3-5-14(13)26-10-16(21)24/h2-5,7,9H,6,8,10H2,1H3,(H,20,23). The second kappa shape index (κ2) is 6.84. The highest BCUT2D eigenvalue weighted by molar-refractivity contribution is 7.16. The van der Waals surface area contributed by atoms with Crippen molar-refractivity contribution in [3.8, 4) is 5.75 Å². The molecule has 3 aromatic rings. The molecule has 138 valence electrons. The van der Waals surface area contributed by atoms with Gasteiger partial charge in [-0.3, -0.25) is 19.8 Å². The average Bonchev–Trinajstić information content (AvgIpc) is 3.13. The van der Waals surface area contributed by atoms with E-state index in [1.165, 1.54) is 16.2 Å². The number of hydrogen-bond acceptors (Lipinski definition) is 6. The number of rotatable bonds is 4. The van der Waals surface area contributed by atoms with Crippen LogP contribution in [-0.4, -0.2) is 34.6 Å². The molecule has 1 aromatic carbocycles. The Bertz CT molecular complexity index is 1100. The molecule has 0 atom stereocenters. The number of para-hydroxylation sites is 2. The van der Waals surface area contributed by atoms with E-state index in [9.17, 15) is 14.4 Å². The zero-order chi connectivity index (χ0) is 19.0. The molecule has 1 aliphatic rings. The van der Waals surface area contributed by atoms with Crippen LogP contribution < -0.4 is 20.6 Å². The number of fused-ring (bicyclic) bond motifs is 2. The number of thiophene rings is 1. The summed E-state index contributed by atoms with van der Waals surface area (Å²) in [5.41, 5.74) is 2.89. The topological polar surface area (TPSA) is 93.5 Å². The third kappa shape index (κ3) is 3.17. The molecule has 2 amide bonds. The van der Waals surface area contributed by atoms with Crippen LogP contribution in [0, 0.1) is 6.92 Å². The number of benzene rings is 1. The van der Waals surface area contributed by atoms with Crippen LogP contribution in [0.5, 0.6) is 5.75 Å². The van der Waals surface area contributed by atoms with Crippen molar-refractivity contribution < 1.29 is 14.3 Å². The van der Waals surface area contributed by atoms with Crippen LogP contribution in [-0.2, 0) is 9.59 Å². The third-order valence-electron chi connectivity index (χ3n) is 4.27. The van der Waals surface area contributed by atoms with E-state index in [4.69, 9.17) is 4.74 Å². The molecule has 0 saturated heterocycles. The van der Waals surface area contributed by atoms with Gasteiger partial charge >= 0.3 is 0 Å². The van der Waals surface area contributed by atoms with Crippen molar-refractivity contribution in [2.75, 3.05) is 23.5 Å². The molecule has 1 N–H and O–H groups in total. The van der Waals surface area contributed by atoms with Crippen LogP contribution in [0.4, 0.5) is 5.69 Å². The van der Waals surface area contributed by atoms with E-state index < -0.39 is 0 Å². The first kappa shape index (κ1) is 17.2. The van der Waals surface area contributed by atoms with E-state index in [0.717, 1.165) is 4.68 Å². The largest absolute Gasteiger partial charge is 0.482 e. The summed E-state index contributed by atoms with van der Waals surface area (Å²) >= 11 is 1.37. The number of ether oxygens (including phenoxy) is 1.